The molecule has 1 saturated heterocycles. The summed E-state index contributed by atoms with van der Waals surface area (Å²) < 4.78 is 5.65. The van der Waals surface area contributed by atoms with Crippen molar-refractivity contribution in [1.29, 1.82) is 0 Å². The summed E-state index contributed by atoms with van der Waals surface area (Å²) in [6, 6.07) is 11.8. The first-order valence-electron chi connectivity index (χ1n) is 10.1. The van der Waals surface area contributed by atoms with Crippen molar-refractivity contribution in [2.24, 2.45) is 10.7 Å². The van der Waals surface area contributed by atoms with Gasteiger partial charge in [-0.3, -0.25) is 0 Å². The first-order chi connectivity index (χ1) is 13.6. The molecule has 1 aliphatic heterocycles. The maximum atomic E-state index is 6.06. The van der Waals surface area contributed by atoms with Crippen LogP contribution < -0.4 is 20.7 Å². The molecule has 2 heterocycles. The van der Waals surface area contributed by atoms with Gasteiger partial charge in [0.25, 0.3) is 0 Å². The van der Waals surface area contributed by atoms with E-state index >= 15 is 0 Å². The summed E-state index contributed by atoms with van der Waals surface area (Å²) in [6.07, 6.45) is 7.12. The van der Waals surface area contributed by atoms with E-state index in [1.807, 2.05) is 50.4 Å². The number of nitrogens with one attached hydrogen (secondary N) is 1. The minimum atomic E-state index is 0.157. The number of ether oxygens (including phenoxy) is 1. The SMILES string of the molecule is CC(C)Oc1ccc(NC(N)=NCc2ccnc(N3CCCCCC3)c2)cc1. The third kappa shape index (κ3) is 6.15. The molecule has 1 aromatic heterocycles. The lowest BCUT2D eigenvalue weighted by atomic mass is 10.2. The summed E-state index contributed by atoms with van der Waals surface area (Å²) >= 11 is 0. The first kappa shape index (κ1) is 20.0. The summed E-state index contributed by atoms with van der Waals surface area (Å²) in [5.41, 5.74) is 8.05. The fourth-order valence-electron chi connectivity index (χ4n) is 3.28. The van der Waals surface area contributed by atoms with E-state index in [0.29, 0.717) is 12.5 Å². The molecule has 0 spiro atoms. The summed E-state index contributed by atoms with van der Waals surface area (Å²) in [4.78, 5) is 11.4. The molecule has 6 nitrogen and oxygen atoms in total. The Kier molecular flexibility index (Phi) is 7.12. The van der Waals surface area contributed by atoms with Gasteiger partial charge in [-0.2, -0.15) is 0 Å². The molecule has 1 aliphatic rings. The lowest BCUT2D eigenvalue weighted by molar-refractivity contribution is 0.242. The van der Waals surface area contributed by atoms with Gasteiger partial charge in [-0.05, 0) is 68.7 Å². The van der Waals surface area contributed by atoms with Gasteiger partial charge in [-0.1, -0.05) is 12.8 Å². The molecular formula is C22H31N5O. The number of hydrogen-bond acceptors (Lipinski definition) is 4. The molecule has 1 aromatic carbocycles. The van der Waals surface area contributed by atoms with Gasteiger partial charge < -0.3 is 20.7 Å². The van der Waals surface area contributed by atoms with E-state index in [-0.39, 0.29) is 6.10 Å². The van der Waals surface area contributed by atoms with Crippen LogP contribution in [0.15, 0.2) is 47.6 Å². The number of hydrogen-bond donors (Lipinski definition) is 2. The van der Waals surface area contributed by atoms with Gasteiger partial charge in [-0.25, -0.2) is 9.98 Å². The minimum Gasteiger partial charge on any atom is -0.491 e. The van der Waals surface area contributed by atoms with Crippen LogP contribution in [0.5, 0.6) is 5.75 Å². The standard InChI is InChI=1S/C22H31N5O/c1-17(2)28-20-9-7-19(8-10-20)26-22(23)25-16-18-11-12-24-21(15-18)27-13-5-3-4-6-14-27/h7-12,15,17H,3-6,13-14,16H2,1-2H3,(H3,23,25,26). The minimum absolute atomic E-state index is 0.157. The Hall–Kier alpha value is -2.76. The van der Waals surface area contributed by atoms with Crippen LogP contribution in [-0.4, -0.2) is 30.1 Å². The molecule has 6 heteroatoms. The van der Waals surface area contributed by atoms with Gasteiger partial charge in [0.2, 0.25) is 0 Å². The van der Waals surface area contributed by atoms with E-state index in [0.717, 1.165) is 35.9 Å². The van der Waals surface area contributed by atoms with Gasteiger partial charge in [0.15, 0.2) is 5.96 Å². The zero-order chi connectivity index (χ0) is 19.8. The Labute approximate surface area is 167 Å². The van der Waals surface area contributed by atoms with Gasteiger partial charge in [0.1, 0.15) is 11.6 Å². The normalized spacial score (nSPS) is 15.4. The van der Waals surface area contributed by atoms with Gasteiger partial charge in [0.05, 0.1) is 12.6 Å². The van der Waals surface area contributed by atoms with Gasteiger partial charge >= 0.3 is 0 Å². The monoisotopic (exact) mass is 381 g/mol. The Morgan fingerprint density at radius 1 is 1.14 bits per heavy atom. The van der Waals surface area contributed by atoms with Crippen molar-refractivity contribution < 1.29 is 4.74 Å². The summed E-state index contributed by atoms with van der Waals surface area (Å²) in [5.74, 6) is 2.28. The Morgan fingerprint density at radius 3 is 2.54 bits per heavy atom. The number of guanidine groups is 1. The average molecular weight is 382 g/mol. The molecule has 28 heavy (non-hydrogen) atoms. The molecular weight excluding hydrogens is 350 g/mol. The highest BCUT2D eigenvalue weighted by Gasteiger charge is 2.11. The van der Waals surface area contributed by atoms with Gasteiger partial charge in [0, 0.05) is 25.0 Å². The van der Waals surface area contributed by atoms with E-state index < -0.39 is 0 Å². The molecule has 3 N–H and O–H groups in total. The van der Waals surface area contributed by atoms with Crippen LogP contribution in [0, 0.1) is 0 Å². The second-order valence-corrected chi connectivity index (χ2v) is 7.44. The number of aromatic nitrogens is 1. The number of pyridine rings is 1. The molecule has 0 bridgehead atoms. The highest BCUT2D eigenvalue weighted by atomic mass is 16.5. The van der Waals surface area contributed by atoms with Crippen LogP contribution in [-0.2, 0) is 6.54 Å². The molecule has 1 fully saturated rings. The topological polar surface area (TPSA) is 75.8 Å². The van der Waals surface area contributed by atoms with Crippen LogP contribution in [0.2, 0.25) is 0 Å². The van der Waals surface area contributed by atoms with Gasteiger partial charge in [-0.15, -0.1) is 0 Å². The molecule has 2 aromatic rings. The predicted octanol–water partition coefficient (Wildman–Crippen LogP) is 4.18. The number of nitrogens with zero attached hydrogens (tertiary/aromatic N) is 3. The smallest absolute Gasteiger partial charge is 0.193 e. The molecule has 0 aliphatic carbocycles. The quantitative estimate of drug-likeness (QED) is 0.580. The molecule has 0 saturated carbocycles. The van der Waals surface area contributed by atoms with E-state index in [2.05, 4.69) is 26.3 Å². The summed E-state index contributed by atoms with van der Waals surface area (Å²) in [6.45, 7) is 6.71. The van der Waals surface area contributed by atoms with Crippen LogP contribution >= 0.6 is 0 Å². The van der Waals surface area contributed by atoms with Crippen molar-refractivity contribution in [1.82, 2.24) is 4.98 Å². The van der Waals surface area contributed by atoms with Crippen molar-refractivity contribution in [3.05, 3.63) is 48.2 Å². The lowest BCUT2D eigenvalue weighted by Crippen LogP contribution is -2.25. The number of rotatable bonds is 6. The molecule has 0 radical (unpaired) electrons. The van der Waals surface area contributed by atoms with Crippen LogP contribution in [0.25, 0.3) is 0 Å². The van der Waals surface area contributed by atoms with E-state index in [9.17, 15) is 0 Å². The Bertz CT molecular complexity index is 765. The van der Waals surface area contributed by atoms with E-state index in [4.69, 9.17) is 10.5 Å². The number of nitrogens with two attached hydrogens (primary N) is 1. The number of benzene rings is 1. The second-order valence-electron chi connectivity index (χ2n) is 7.44. The van der Waals surface area contributed by atoms with Crippen LogP contribution in [0.4, 0.5) is 11.5 Å². The van der Waals surface area contributed by atoms with Crippen molar-refractivity contribution in [2.45, 2.75) is 52.2 Å². The molecule has 3 rings (SSSR count). The van der Waals surface area contributed by atoms with E-state index in [1.165, 1.54) is 25.7 Å². The second kappa shape index (κ2) is 9.97. The third-order valence-corrected chi connectivity index (χ3v) is 4.67. The molecule has 150 valence electrons. The van der Waals surface area contributed by atoms with Crippen molar-refractivity contribution >= 4 is 17.5 Å². The van der Waals surface area contributed by atoms with Crippen molar-refractivity contribution in [2.75, 3.05) is 23.3 Å². The largest absolute Gasteiger partial charge is 0.491 e. The fraction of sp³-hybridized carbons (Fsp3) is 0.455. The zero-order valence-electron chi connectivity index (χ0n) is 16.9. The highest BCUT2D eigenvalue weighted by Crippen LogP contribution is 2.19. The maximum Gasteiger partial charge on any atom is 0.193 e. The van der Waals surface area contributed by atoms with Crippen LogP contribution in [0.1, 0.15) is 45.1 Å². The third-order valence-electron chi connectivity index (χ3n) is 4.67. The van der Waals surface area contributed by atoms with Crippen LogP contribution in [0.3, 0.4) is 0 Å². The van der Waals surface area contributed by atoms with E-state index in [1.54, 1.807) is 0 Å². The maximum absolute atomic E-state index is 6.06. The Balaban J connectivity index is 1.57. The summed E-state index contributed by atoms with van der Waals surface area (Å²) in [5, 5.41) is 3.13. The number of aliphatic imine (C=N–C) groups is 1. The average Bonchev–Trinajstić information content (AvgIpc) is 2.97. The number of anilines is 2. The lowest BCUT2D eigenvalue weighted by Gasteiger charge is -2.21. The highest BCUT2D eigenvalue weighted by molar-refractivity contribution is 5.92. The first-order valence-corrected chi connectivity index (χ1v) is 10.1. The van der Waals surface area contributed by atoms with Crippen molar-refractivity contribution in [3.63, 3.8) is 0 Å². The predicted molar refractivity (Wildman–Crippen MR) is 116 cm³/mol. The molecule has 0 unspecified atom stereocenters. The summed E-state index contributed by atoms with van der Waals surface area (Å²) in [7, 11) is 0. The fourth-order valence-corrected chi connectivity index (χ4v) is 3.28. The molecule has 0 amide bonds. The Morgan fingerprint density at radius 2 is 1.86 bits per heavy atom. The van der Waals surface area contributed by atoms with Crippen molar-refractivity contribution in [3.8, 4) is 5.75 Å². The molecule has 0 atom stereocenters. The zero-order valence-corrected chi connectivity index (χ0v) is 16.9.